The summed E-state index contributed by atoms with van der Waals surface area (Å²) in [4.78, 5) is 16.6. The Hall–Kier alpha value is -2.35. The first-order chi connectivity index (χ1) is 10.9. The molecule has 0 saturated heterocycles. The summed E-state index contributed by atoms with van der Waals surface area (Å²) in [5.74, 6) is -1.82. The van der Waals surface area contributed by atoms with Gasteiger partial charge in [-0.3, -0.25) is 9.69 Å². The number of nitrogens with zero attached hydrogens (tertiary/aromatic N) is 3. The lowest BCUT2D eigenvalue weighted by Crippen LogP contribution is -2.30. The van der Waals surface area contributed by atoms with Crippen LogP contribution in [0.15, 0.2) is 22.7 Å². The van der Waals surface area contributed by atoms with Crippen LogP contribution in [0.2, 0.25) is 0 Å². The zero-order valence-electron chi connectivity index (χ0n) is 12.6. The highest BCUT2D eigenvalue weighted by Gasteiger charge is 2.13. The second-order valence-electron chi connectivity index (χ2n) is 5.19. The number of hydrogen-bond acceptors (Lipinski definition) is 5. The van der Waals surface area contributed by atoms with Crippen LogP contribution in [0.1, 0.15) is 23.7 Å². The molecule has 0 fully saturated rings. The Morgan fingerprint density at radius 2 is 2.13 bits per heavy atom. The lowest BCUT2D eigenvalue weighted by Gasteiger charge is -2.20. The van der Waals surface area contributed by atoms with Gasteiger partial charge in [-0.05, 0) is 37.6 Å². The number of aryl methyl sites for hydroxylation is 2. The number of carboxylic acid groups (broad SMARTS) is 1. The zero-order chi connectivity index (χ0) is 16.8. The molecule has 1 aromatic heterocycles. The summed E-state index contributed by atoms with van der Waals surface area (Å²) in [6, 6.07) is 3.55. The van der Waals surface area contributed by atoms with Gasteiger partial charge in [-0.15, -0.1) is 0 Å². The van der Waals surface area contributed by atoms with Crippen LogP contribution in [0.5, 0.6) is 0 Å². The SMILES string of the molecule is Cc1noc(CCCN(CC(=O)O)Cc2ccc(F)c(F)c2)n1. The van der Waals surface area contributed by atoms with Crippen molar-refractivity contribution in [2.75, 3.05) is 13.1 Å². The van der Waals surface area contributed by atoms with Crippen molar-refractivity contribution < 1.29 is 23.2 Å². The molecule has 124 valence electrons. The fourth-order valence-electron chi connectivity index (χ4n) is 2.20. The first kappa shape index (κ1) is 17.0. The van der Waals surface area contributed by atoms with Crippen molar-refractivity contribution in [1.82, 2.24) is 15.0 Å². The van der Waals surface area contributed by atoms with E-state index in [1.165, 1.54) is 6.07 Å². The van der Waals surface area contributed by atoms with Gasteiger partial charge in [0.05, 0.1) is 6.54 Å². The van der Waals surface area contributed by atoms with Crippen LogP contribution in [-0.2, 0) is 17.8 Å². The normalized spacial score (nSPS) is 11.1. The Balaban J connectivity index is 1.93. The Morgan fingerprint density at radius 1 is 1.35 bits per heavy atom. The number of aliphatic carboxylic acids is 1. The van der Waals surface area contributed by atoms with Gasteiger partial charge >= 0.3 is 5.97 Å². The third-order valence-corrected chi connectivity index (χ3v) is 3.18. The number of aromatic nitrogens is 2. The predicted molar refractivity (Wildman–Crippen MR) is 76.6 cm³/mol. The second-order valence-corrected chi connectivity index (χ2v) is 5.19. The summed E-state index contributed by atoms with van der Waals surface area (Å²) in [5.41, 5.74) is 0.513. The number of carboxylic acids is 1. The molecule has 0 saturated carbocycles. The molecule has 0 aliphatic heterocycles. The first-order valence-electron chi connectivity index (χ1n) is 7.11. The number of hydrogen-bond donors (Lipinski definition) is 1. The maximum absolute atomic E-state index is 13.2. The van der Waals surface area contributed by atoms with Gasteiger partial charge < -0.3 is 9.63 Å². The van der Waals surface area contributed by atoms with Crippen molar-refractivity contribution in [3.63, 3.8) is 0 Å². The van der Waals surface area contributed by atoms with E-state index in [0.29, 0.717) is 36.7 Å². The van der Waals surface area contributed by atoms with Crippen molar-refractivity contribution in [1.29, 1.82) is 0 Å². The van der Waals surface area contributed by atoms with Crippen LogP contribution in [-0.4, -0.2) is 39.2 Å². The molecule has 0 bridgehead atoms. The van der Waals surface area contributed by atoms with E-state index < -0.39 is 17.6 Å². The van der Waals surface area contributed by atoms with E-state index in [9.17, 15) is 13.6 Å². The van der Waals surface area contributed by atoms with Crippen molar-refractivity contribution in [2.24, 2.45) is 0 Å². The standard InChI is InChI=1S/C15H17F2N3O3/c1-10-18-14(23-19-10)3-2-6-20(9-15(21)22)8-11-4-5-12(16)13(17)7-11/h4-5,7H,2-3,6,8-9H2,1H3,(H,21,22). The van der Waals surface area contributed by atoms with Gasteiger partial charge in [0.1, 0.15) is 0 Å². The minimum absolute atomic E-state index is 0.193. The second kappa shape index (κ2) is 7.77. The van der Waals surface area contributed by atoms with E-state index >= 15 is 0 Å². The van der Waals surface area contributed by atoms with Gasteiger partial charge in [0, 0.05) is 13.0 Å². The molecule has 8 heteroatoms. The molecule has 2 rings (SSSR count). The fraction of sp³-hybridized carbons (Fsp3) is 0.400. The molecule has 1 N–H and O–H groups in total. The minimum Gasteiger partial charge on any atom is -0.480 e. The van der Waals surface area contributed by atoms with Gasteiger partial charge in [0.2, 0.25) is 5.89 Å². The highest BCUT2D eigenvalue weighted by Crippen LogP contribution is 2.12. The van der Waals surface area contributed by atoms with Crippen LogP contribution >= 0.6 is 0 Å². The molecule has 0 amide bonds. The lowest BCUT2D eigenvalue weighted by atomic mass is 10.2. The third kappa shape index (κ3) is 5.41. The van der Waals surface area contributed by atoms with E-state index in [2.05, 4.69) is 10.1 Å². The van der Waals surface area contributed by atoms with Crippen LogP contribution < -0.4 is 0 Å². The maximum atomic E-state index is 13.2. The molecule has 23 heavy (non-hydrogen) atoms. The van der Waals surface area contributed by atoms with E-state index in [0.717, 1.165) is 12.1 Å². The molecule has 6 nitrogen and oxygen atoms in total. The molecule has 2 aromatic rings. The summed E-state index contributed by atoms with van der Waals surface area (Å²) < 4.78 is 31.2. The number of carbonyl (C=O) groups is 1. The van der Waals surface area contributed by atoms with Crippen molar-refractivity contribution >= 4 is 5.97 Å². The van der Waals surface area contributed by atoms with E-state index in [-0.39, 0.29) is 13.1 Å². The Labute approximate surface area is 131 Å². The maximum Gasteiger partial charge on any atom is 0.317 e. The van der Waals surface area contributed by atoms with Crippen LogP contribution in [0, 0.1) is 18.6 Å². The lowest BCUT2D eigenvalue weighted by molar-refractivity contribution is -0.138. The van der Waals surface area contributed by atoms with Gasteiger partial charge in [-0.2, -0.15) is 4.98 Å². The molecule has 0 aliphatic carbocycles. The number of rotatable bonds is 8. The number of halogens is 2. The Morgan fingerprint density at radius 3 is 2.74 bits per heavy atom. The van der Waals surface area contributed by atoms with Crippen molar-refractivity contribution in [2.45, 2.75) is 26.3 Å². The summed E-state index contributed by atoms with van der Waals surface area (Å²) in [6.45, 7) is 2.19. The average Bonchev–Trinajstić information content (AvgIpc) is 2.88. The molecule has 0 spiro atoms. The first-order valence-corrected chi connectivity index (χ1v) is 7.11. The Bertz CT molecular complexity index is 676. The minimum atomic E-state index is -0.985. The average molecular weight is 325 g/mol. The fourth-order valence-corrected chi connectivity index (χ4v) is 2.20. The van der Waals surface area contributed by atoms with Gasteiger partial charge in [0.25, 0.3) is 0 Å². The van der Waals surface area contributed by atoms with E-state index in [1.807, 2.05) is 0 Å². The molecular weight excluding hydrogens is 308 g/mol. The van der Waals surface area contributed by atoms with Gasteiger partial charge in [0.15, 0.2) is 17.5 Å². The van der Waals surface area contributed by atoms with Crippen molar-refractivity contribution in [3.8, 4) is 0 Å². The smallest absolute Gasteiger partial charge is 0.317 e. The third-order valence-electron chi connectivity index (χ3n) is 3.18. The molecule has 0 unspecified atom stereocenters. The van der Waals surface area contributed by atoms with Gasteiger partial charge in [-0.1, -0.05) is 11.2 Å². The van der Waals surface area contributed by atoms with E-state index in [1.54, 1.807) is 11.8 Å². The zero-order valence-corrected chi connectivity index (χ0v) is 12.6. The predicted octanol–water partition coefficient (Wildman–Crippen LogP) is 2.18. The molecule has 0 radical (unpaired) electrons. The summed E-state index contributed by atoms with van der Waals surface area (Å²) in [7, 11) is 0. The van der Waals surface area contributed by atoms with Gasteiger partial charge in [-0.25, -0.2) is 8.78 Å². The molecule has 0 aliphatic rings. The molecule has 1 heterocycles. The summed E-state index contributed by atoms with van der Waals surface area (Å²) in [6.07, 6.45) is 1.13. The molecule has 0 atom stereocenters. The molecule has 1 aromatic carbocycles. The highest BCUT2D eigenvalue weighted by molar-refractivity contribution is 5.69. The highest BCUT2D eigenvalue weighted by atomic mass is 19.2. The van der Waals surface area contributed by atoms with Crippen molar-refractivity contribution in [3.05, 3.63) is 47.1 Å². The quantitative estimate of drug-likeness (QED) is 0.801. The summed E-state index contributed by atoms with van der Waals surface area (Å²) >= 11 is 0. The monoisotopic (exact) mass is 325 g/mol. The Kier molecular flexibility index (Phi) is 5.75. The largest absolute Gasteiger partial charge is 0.480 e. The van der Waals surface area contributed by atoms with Crippen LogP contribution in [0.3, 0.4) is 0 Å². The topological polar surface area (TPSA) is 79.5 Å². The molecular formula is C15H17F2N3O3. The number of benzene rings is 1. The van der Waals surface area contributed by atoms with E-state index in [4.69, 9.17) is 9.63 Å². The van der Waals surface area contributed by atoms with Crippen LogP contribution in [0.4, 0.5) is 8.78 Å². The summed E-state index contributed by atoms with van der Waals surface area (Å²) in [5, 5.41) is 12.6. The van der Waals surface area contributed by atoms with Crippen LogP contribution in [0.25, 0.3) is 0 Å².